The first-order valence-corrected chi connectivity index (χ1v) is 6.66. The number of hydrogen-bond donors (Lipinski definition) is 0. The molecule has 0 N–H and O–H groups in total. The molecule has 2 rings (SSSR count). The van der Waals surface area contributed by atoms with Crippen molar-refractivity contribution in [3.05, 3.63) is 69.8 Å². The van der Waals surface area contributed by atoms with Gasteiger partial charge in [0.05, 0.1) is 16.1 Å². The summed E-state index contributed by atoms with van der Waals surface area (Å²) in [7, 11) is 3.31. The van der Waals surface area contributed by atoms with Gasteiger partial charge in [0.2, 0.25) is 0 Å². The molecule has 0 unspecified atom stereocenters. The van der Waals surface area contributed by atoms with Crippen molar-refractivity contribution in [2.24, 2.45) is 0 Å². The van der Waals surface area contributed by atoms with Crippen LogP contribution in [0.4, 0.5) is 5.69 Å². The SMILES string of the molecule is CN(C)C(=O)c1ccccc1OCc1ccccc1[N+](=O)[O-]. The molecule has 0 radical (unpaired) electrons. The third-order valence-electron chi connectivity index (χ3n) is 3.10. The summed E-state index contributed by atoms with van der Waals surface area (Å²) in [6, 6.07) is 13.2. The van der Waals surface area contributed by atoms with Crippen LogP contribution in [-0.4, -0.2) is 29.8 Å². The van der Waals surface area contributed by atoms with E-state index in [1.807, 2.05) is 0 Å². The molecular weight excluding hydrogens is 284 g/mol. The van der Waals surface area contributed by atoms with E-state index in [9.17, 15) is 14.9 Å². The maximum absolute atomic E-state index is 12.1. The molecule has 0 heterocycles. The number of ether oxygens (including phenoxy) is 1. The van der Waals surface area contributed by atoms with E-state index in [0.717, 1.165) is 0 Å². The van der Waals surface area contributed by atoms with Crippen LogP contribution in [0.2, 0.25) is 0 Å². The molecular formula is C16H16N2O4. The molecule has 0 aliphatic rings. The molecule has 0 spiro atoms. The summed E-state index contributed by atoms with van der Waals surface area (Å²) in [6.07, 6.45) is 0. The van der Waals surface area contributed by atoms with Gasteiger partial charge in [-0.15, -0.1) is 0 Å². The molecule has 6 heteroatoms. The van der Waals surface area contributed by atoms with Gasteiger partial charge in [0.1, 0.15) is 12.4 Å². The number of nitro benzene ring substituents is 1. The minimum Gasteiger partial charge on any atom is -0.488 e. The molecule has 0 aromatic heterocycles. The zero-order chi connectivity index (χ0) is 16.1. The quantitative estimate of drug-likeness (QED) is 0.628. The average molecular weight is 300 g/mol. The lowest BCUT2D eigenvalue weighted by Crippen LogP contribution is -2.22. The lowest BCUT2D eigenvalue weighted by Gasteiger charge is -2.14. The molecule has 0 aliphatic carbocycles. The maximum Gasteiger partial charge on any atom is 0.276 e. The van der Waals surface area contributed by atoms with Gasteiger partial charge in [0.25, 0.3) is 11.6 Å². The summed E-state index contributed by atoms with van der Waals surface area (Å²) in [5.74, 6) is 0.220. The fraction of sp³-hybridized carbons (Fsp3) is 0.188. The largest absolute Gasteiger partial charge is 0.488 e. The van der Waals surface area contributed by atoms with E-state index in [-0.39, 0.29) is 18.2 Å². The zero-order valence-electron chi connectivity index (χ0n) is 12.4. The molecule has 114 valence electrons. The molecule has 0 bridgehead atoms. The molecule has 1 amide bonds. The van der Waals surface area contributed by atoms with Crippen LogP contribution in [0.25, 0.3) is 0 Å². The van der Waals surface area contributed by atoms with Gasteiger partial charge in [-0.3, -0.25) is 14.9 Å². The van der Waals surface area contributed by atoms with Crippen molar-refractivity contribution in [1.29, 1.82) is 0 Å². The summed E-state index contributed by atoms with van der Waals surface area (Å²) >= 11 is 0. The fourth-order valence-electron chi connectivity index (χ4n) is 1.98. The van der Waals surface area contributed by atoms with E-state index >= 15 is 0 Å². The average Bonchev–Trinajstić information content (AvgIpc) is 2.52. The topological polar surface area (TPSA) is 72.7 Å². The number of para-hydroxylation sites is 2. The second kappa shape index (κ2) is 6.71. The molecule has 0 aliphatic heterocycles. The van der Waals surface area contributed by atoms with Crippen LogP contribution in [0.1, 0.15) is 15.9 Å². The predicted molar refractivity (Wildman–Crippen MR) is 81.9 cm³/mol. The lowest BCUT2D eigenvalue weighted by molar-refractivity contribution is -0.385. The Morgan fingerprint density at radius 3 is 2.45 bits per heavy atom. The second-order valence-corrected chi connectivity index (χ2v) is 4.87. The van der Waals surface area contributed by atoms with E-state index in [4.69, 9.17) is 4.74 Å². The normalized spacial score (nSPS) is 10.1. The van der Waals surface area contributed by atoms with Gasteiger partial charge in [0.15, 0.2) is 0 Å². The van der Waals surface area contributed by atoms with Crippen molar-refractivity contribution in [3.63, 3.8) is 0 Å². The molecule has 0 saturated heterocycles. The Bertz CT molecular complexity index is 698. The Hall–Kier alpha value is -2.89. The fourth-order valence-corrected chi connectivity index (χ4v) is 1.98. The van der Waals surface area contributed by atoms with Crippen LogP contribution < -0.4 is 4.74 Å². The number of benzene rings is 2. The third kappa shape index (κ3) is 3.41. The molecule has 6 nitrogen and oxygen atoms in total. The molecule has 2 aromatic carbocycles. The standard InChI is InChI=1S/C16H16N2O4/c1-17(2)16(19)13-8-4-6-10-15(13)22-11-12-7-3-5-9-14(12)18(20)21/h3-10H,11H2,1-2H3. The van der Waals surface area contributed by atoms with Gasteiger partial charge in [-0.2, -0.15) is 0 Å². The summed E-state index contributed by atoms with van der Waals surface area (Å²) in [4.78, 5) is 24.1. The van der Waals surface area contributed by atoms with Crippen molar-refractivity contribution in [3.8, 4) is 5.75 Å². The minimum atomic E-state index is -0.449. The van der Waals surface area contributed by atoms with Gasteiger partial charge in [-0.05, 0) is 18.2 Å². The van der Waals surface area contributed by atoms with Crippen molar-refractivity contribution < 1.29 is 14.5 Å². The Morgan fingerprint density at radius 2 is 1.77 bits per heavy atom. The van der Waals surface area contributed by atoms with Crippen LogP contribution in [0.5, 0.6) is 5.75 Å². The summed E-state index contributed by atoms with van der Waals surface area (Å²) in [6.45, 7) is 0.0227. The Balaban J connectivity index is 2.23. The number of carbonyl (C=O) groups is 1. The number of amides is 1. The van der Waals surface area contributed by atoms with Gasteiger partial charge in [-0.1, -0.05) is 24.3 Å². The summed E-state index contributed by atoms with van der Waals surface area (Å²) < 4.78 is 5.63. The van der Waals surface area contributed by atoms with E-state index in [1.54, 1.807) is 56.6 Å². The number of nitro groups is 1. The molecule has 22 heavy (non-hydrogen) atoms. The monoisotopic (exact) mass is 300 g/mol. The van der Waals surface area contributed by atoms with Gasteiger partial charge >= 0.3 is 0 Å². The first-order valence-electron chi connectivity index (χ1n) is 6.66. The van der Waals surface area contributed by atoms with Gasteiger partial charge in [-0.25, -0.2) is 0 Å². The Labute approximate surface area is 128 Å². The van der Waals surface area contributed by atoms with Crippen LogP contribution in [0.3, 0.4) is 0 Å². The third-order valence-corrected chi connectivity index (χ3v) is 3.10. The zero-order valence-corrected chi connectivity index (χ0v) is 12.4. The highest BCUT2D eigenvalue weighted by Crippen LogP contribution is 2.23. The number of carbonyl (C=O) groups excluding carboxylic acids is 1. The number of rotatable bonds is 5. The highest BCUT2D eigenvalue weighted by Gasteiger charge is 2.16. The van der Waals surface area contributed by atoms with Crippen molar-refractivity contribution in [2.75, 3.05) is 14.1 Å². The smallest absolute Gasteiger partial charge is 0.276 e. The second-order valence-electron chi connectivity index (χ2n) is 4.87. The highest BCUT2D eigenvalue weighted by molar-refractivity contribution is 5.96. The van der Waals surface area contributed by atoms with Gasteiger partial charge in [0, 0.05) is 20.2 Å². The van der Waals surface area contributed by atoms with Crippen LogP contribution in [0.15, 0.2) is 48.5 Å². The predicted octanol–water partition coefficient (Wildman–Crippen LogP) is 2.88. The molecule has 0 saturated carbocycles. The van der Waals surface area contributed by atoms with Crippen LogP contribution >= 0.6 is 0 Å². The Morgan fingerprint density at radius 1 is 1.14 bits per heavy atom. The highest BCUT2D eigenvalue weighted by atomic mass is 16.6. The molecule has 2 aromatic rings. The number of hydrogen-bond acceptors (Lipinski definition) is 4. The Kier molecular flexibility index (Phi) is 4.73. The maximum atomic E-state index is 12.1. The van der Waals surface area contributed by atoms with Crippen molar-refractivity contribution >= 4 is 11.6 Å². The first kappa shape index (κ1) is 15.5. The van der Waals surface area contributed by atoms with Gasteiger partial charge < -0.3 is 9.64 Å². The molecule has 0 atom stereocenters. The van der Waals surface area contributed by atoms with E-state index in [1.165, 1.54) is 11.0 Å². The van der Waals surface area contributed by atoms with Crippen LogP contribution in [0, 0.1) is 10.1 Å². The number of nitrogens with zero attached hydrogens (tertiary/aromatic N) is 2. The minimum absolute atomic E-state index is 0.00100. The van der Waals surface area contributed by atoms with Crippen LogP contribution in [-0.2, 0) is 6.61 Å². The summed E-state index contributed by atoms with van der Waals surface area (Å²) in [5.41, 5.74) is 0.879. The van der Waals surface area contributed by atoms with E-state index < -0.39 is 4.92 Å². The lowest BCUT2D eigenvalue weighted by atomic mass is 10.1. The van der Waals surface area contributed by atoms with Crippen molar-refractivity contribution in [1.82, 2.24) is 4.90 Å². The summed E-state index contributed by atoms with van der Waals surface area (Å²) in [5, 5.41) is 11.0. The van der Waals surface area contributed by atoms with E-state index in [2.05, 4.69) is 0 Å². The molecule has 0 fully saturated rings. The van der Waals surface area contributed by atoms with Crippen molar-refractivity contribution in [2.45, 2.75) is 6.61 Å². The van der Waals surface area contributed by atoms with E-state index in [0.29, 0.717) is 16.9 Å². The first-order chi connectivity index (χ1) is 10.5.